The molecule has 0 spiro atoms. The van der Waals surface area contributed by atoms with Crippen molar-refractivity contribution >= 4 is 25.3 Å². The van der Waals surface area contributed by atoms with Crippen molar-refractivity contribution in [2.75, 3.05) is 84.9 Å². The second-order valence-electron chi connectivity index (χ2n) is 7.32. The monoisotopic (exact) mass is 438 g/mol. The van der Waals surface area contributed by atoms with Crippen molar-refractivity contribution in [2.45, 2.75) is 0 Å². The Balaban J connectivity index is 2.95. The van der Waals surface area contributed by atoms with E-state index in [-0.39, 0.29) is 25.9 Å². The summed E-state index contributed by atoms with van der Waals surface area (Å²) in [7, 11) is -3.35. The van der Waals surface area contributed by atoms with E-state index < -0.39 is 25.3 Å². The van der Waals surface area contributed by atoms with E-state index in [1.807, 2.05) is 0 Å². The summed E-state index contributed by atoms with van der Waals surface area (Å²) in [5, 5.41) is 27.4. The number of nitrogens with zero attached hydrogens (tertiary/aromatic N) is 4. The van der Waals surface area contributed by atoms with Crippen LogP contribution in [0.25, 0.3) is 0 Å². The first-order chi connectivity index (χ1) is 13.4. The predicted octanol–water partition coefficient (Wildman–Crippen LogP) is -1.68. The van der Waals surface area contributed by atoms with E-state index in [0.717, 1.165) is 0 Å². The Hall–Kier alpha value is -1.56. The van der Waals surface area contributed by atoms with Crippen LogP contribution in [0, 0.1) is 0 Å². The van der Waals surface area contributed by atoms with Gasteiger partial charge in [-0.1, -0.05) is 0 Å². The topological polar surface area (TPSA) is 162 Å². The second-order valence-corrected chi connectivity index (χ2v) is 9.70. The summed E-state index contributed by atoms with van der Waals surface area (Å²) in [4.78, 5) is 49.9. The first-order valence-corrected chi connectivity index (χ1v) is 11.6. The Morgan fingerprint density at radius 1 is 0.655 bits per heavy atom. The third-order valence-corrected chi connectivity index (χ3v) is 5.39. The average molecular weight is 438 g/mol. The van der Waals surface area contributed by atoms with Crippen molar-refractivity contribution in [3.8, 4) is 0 Å². The number of hydrogen-bond acceptors (Lipinski definition) is 8. The molecule has 1 aliphatic heterocycles. The molecule has 0 radical (unpaired) electrons. The van der Waals surface area contributed by atoms with E-state index in [2.05, 4.69) is 0 Å². The van der Waals surface area contributed by atoms with Gasteiger partial charge in [0.2, 0.25) is 7.37 Å². The van der Waals surface area contributed by atoms with Gasteiger partial charge in [0.1, 0.15) is 0 Å². The minimum atomic E-state index is -3.35. The molecule has 1 unspecified atom stereocenters. The zero-order valence-corrected chi connectivity index (χ0v) is 17.5. The quantitative estimate of drug-likeness (QED) is 0.319. The van der Waals surface area contributed by atoms with Crippen molar-refractivity contribution in [1.82, 2.24) is 19.6 Å². The van der Waals surface area contributed by atoms with Crippen LogP contribution in [0.2, 0.25) is 0 Å². The fraction of sp³-hybridized carbons (Fsp3) is 0.812. The van der Waals surface area contributed by atoms with E-state index in [4.69, 9.17) is 15.3 Å². The van der Waals surface area contributed by atoms with Crippen molar-refractivity contribution < 1.29 is 39.2 Å². The Kier molecular flexibility index (Phi) is 10.7. The molecule has 168 valence electrons. The minimum absolute atomic E-state index is 0.0695. The van der Waals surface area contributed by atoms with E-state index in [1.165, 1.54) is 6.66 Å². The molecule has 1 rings (SSSR count). The van der Waals surface area contributed by atoms with Crippen LogP contribution in [0.1, 0.15) is 0 Å². The van der Waals surface area contributed by atoms with Gasteiger partial charge in [0.15, 0.2) is 0 Å². The largest absolute Gasteiger partial charge is 0.480 e. The average Bonchev–Trinajstić information content (AvgIpc) is 2.54. The van der Waals surface area contributed by atoms with Gasteiger partial charge >= 0.3 is 17.9 Å². The molecule has 1 heterocycles. The van der Waals surface area contributed by atoms with Gasteiger partial charge in [-0.15, -0.1) is 0 Å². The van der Waals surface area contributed by atoms with Gasteiger partial charge in [0, 0.05) is 59.0 Å². The van der Waals surface area contributed by atoms with Crippen LogP contribution in [-0.2, 0) is 18.9 Å². The first kappa shape index (κ1) is 25.5. The summed E-state index contributed by atoms with van der Waals surface area (Å²) in [6, 6.07) is 0. The van der Waals surface area contributed by atoms with Crippen LogP contribution < -0.4 is 0 Å². The van der Waals surface area contributed by atoms with Crippen LogP contribution >= 0.6 is 7.37 Å². The highest BCUT2D eigenvalue weighted by Crippen LogP contribution is 2.35. The van der Waals surface area contributed by atoms with E-state index in [0.29, 0.717) is 52.4 Å². The lowest BCUT2D eigenvalue weighted by Gasteiger charge is -2.33. The molecular formula is C16H31N4O8P. The van der Waals surface area contributed by atoms with E-state index in [1.54, 1.807) is 19.6 Å². The number of carboxylic acid groups (broad SMARTS) is 3. The maximum atomic E-state index is 11.9. The van der Waals surface area contributed by atoms with Crippen LogP contribution in [0.3, 0.4) is 0 Å². The lowest BCUT2D eigenvalue weighted by molar-refractivity contribution is -0.140. The third-order valence-electron chi connectivity index (χ3n) is 4.47. The lowest BCUT2D eigenvalue weighted by atomic mass is 10.3. The number of rotatable bonds is 8. The van der Waals surface area contributed by atoms with Crippen molar-refractivity contribution in [3.05, 3.63) is 0 Å². The summed E-state index contributed by atoms with van der Waals surface area (Å²) in [5.74, 6) is -3.03. The molecular weight excluding hydrogens is 407 g/mol. The van der Waals surface area contributed by atoms with Crippen LogP contribution in [-0.4, -0.2) is 143 Å². The van der Waals surface area contributed by atoms with Gasteiger partial charge in [-0.05, 0) is 0 Å². The van der Waals surface area contributed by atoms with E-state index in [9.17, 15) is 23.8 Å². The zero-order chi connectivity index (χ0) is 22.0. The predicted molar refractivity (Wildman–Crippen MR) is 104 cm³/mol. The maximum absolute atomic E-state index is 11.9. The molecule has 0 aliphatic carbocycles. The number of hydrogen-bond donors (Lipinski definition) is 4. The number of carboxylic acids is 3. The van der Waals surface area contributed by atoms with Gasteiger partial charge in [-0.2, -0.15) is 0 Å². The van der Waals surface area contributed by atoms with Crippen LogP contribution in [0.4, 0.5) is 0 Å². The fourth-order valence-corrected chi connectivity index (χ4v) is 4.16. The molecule has 1 fully saturated rings. The van der Waals surface area contributed by atoms with Gasteiger partial charge < -0.3 is 20.2 Å². The molecule has 0 aromatic rings. The summed E-state index contributed by atoms with van der Waals surface area (Å²) in [6.45, 7) is 3.17. The Morgan fingerprint density at radius 2 is 0.897 bits per heavy atom. The molecule has 0 bridgehead atoms. The molecule has 12 nitrogen and oxygen atoms in total. The van der Waals surface area contributed by atoms with Gasteiger partial charge in [-0.25, -0.2) is 0 Å². The van der Waals surface area contributed by atoms with Gasteiger partial charge in [-0.3, -0.25) is 38.5 Å². The van der Waals surface area contributed by atoms with Crippen molar-refractivity contribution in [3.63, 3.8) is 0 Å². The van der Waals surface area contributed by atoms with Crippen LogP contribution in [0.5, 0.6) is 0 Å². The highest BCUT2D eigenvalue weighted by Gasteiger charge is 2.22. The first-order valence-electron chi connectivity index (χ1n) is 9.28. The zero-order valence-electron chi connectivity index (χ0n) is 16.6. The van der Waals surface area contributed by atoms with Gasteiger partial charge in [0.25, 0.3) is 0 Å². The molecule has 0 amide bonds. The number of carbonyl (C=O) groups is 3. The summed E-state index contributed by atoms with van der Waals surface area (Å²) < 4.78 is 11.9. The molecule has 4 N–H and O–H groups in total. The Bertz CT molecular complexity index is 582. The smallest absolute Gasteiger partial charge is 0.317 e. The standard InChI is InChI=1S/C16H31N4O8P/c1-29(27,28)13-20-8-6-18(11-15(23)24)4-2-17(10-14(21)22)3-5-19(7-9-20)12-16(25)26/h2-13H2,1H3,(H,21,22)(H,23,24)(H,25,26)(H,27,28). The highest BCUT2D eigenvalue weighted by atomic mass is 31.2. The number of aliphatic carboxylic acids is 3. The summed E-state index contributed by atoms with van der Waals surface area (Å²) in [5.41, 5.74) is 0. The van der Waals surface area contributed by atoms with Crippen molar-refractivity contribution in [2.24, 2.45) is 0 Å². The molecule has 1 atom stereocenters. The summed E-state index contributed by atoms with van der Waals surface area (Å²) in [6.07, 6.45) is -0.0695. The molecule has 1 aliphatic rings. The lowest BCUT2D eigenvalue weighted by Crippen LogP contribution is -2.48. The molecule has 0 saturated carbocycles. The Morgan fingerprint density at radius 3 is 1.10 bits per heavy atom. The molecule has 0 aromatic heterocycles. The van der Waals surface area contributed by atoms with E-state index >= 15 is 0 Å². The minimum Gasteiger partial charge on any atom is -0.480 e. The maximum Gasteiger partial charge on any atom is 0.317 e. The summed E-state index contributed by atoms with van der Waals surface area (Å²) >= 11 is 0. The normalized spacial score (nSPS) is 21.6. The fourth-order valence-electron chi connectivity index (χ4n) is 3.14. The Labute approximate surface area is 169 Å². The molecule has 13 heteroatoms. The third kappa shape index (κ3) is 12.6. The molecule has 0 aromatic carbocycles. The van der Waals surface area contributed by atoms with Crippen LogP contribution in [0.15, 0.2) is 0 Å². The highest BCUT2D eigenvalue weighted by molar-refractivity contribution is 7.57. The SMILES string of the molecule is CP(=O)(O)CN1CCN(CC(=O)O)CCN(CC(=O)O)CCN(CC(=O)O)CC1. The molecule has 1 saturated heterocycles. The van der Waals surface area contributed by atoms with Crippen molar-refractivity contribution in [1.29, 1.82) is 0 Å². The van der Waals surface area contributed by atoms with Gasteiger partial charge in [0.05, 0.1) is 25.9 Å². The molecule has 29 heavy (non-hydrogen) atoms. The second kappa shape index (κ2) is 12.2.